The Balaban J connectivity index is 3.19. The van der Waals surface area contributed by atoms with Crippen LogP contribution in [-0.2, 0) is 10.0 Å². The first-order valence-corrected chi connectivity index (χ1v) is 7.78. The summed E-state index contributed by atoms with van der Waals surface area (Å²) in [7, 11) is -3.88. The molecule has 0 radical (unpaired) electrons. The van der Waals surface area contributed by atoms with Gasteiger partial charge in [0.15, 0.2) is 4.90 Å². The third-order valence-electron chi connectivity index (χ3n) is 2.51. The van der Waals surface area contributed by atoms with Crippen molar-refractivity contribution in [1.82, 2.24) is 4.72 Å². The molecule has 1 rings (SSSR count). The second-order valence-corrected chi connectivity index (χ2v) is 6.45. The van der Waals surface area contributed by atoms with E-state index in [1.165, 1.54) is 18.2 Å². The number of nitrogens with zero attached hydrogens (tertiary/aromatic N) is 1. The van der Waals surface area contributed by atoms with Gasteiger partial charge in [-0.25, -0.2) is 13.1 Å². The molecule has 0 amide bonds. The summed E-state index contributed by atoms with van der Waals surface area (Å²) in [6.45, 7) is 6.38. The largest absolute Gasteiger partial charge is 0.385 e. The summed E-state index contributed by atoms with van der Waals surface area (Å²) in [4.78, 5) is 10.0. The molecule has 0 bridgehead atoms. The number of sulfonamides is 1. The van der Waals surface area contributed by atoms with Gasteiger partial charge in [-0.05, 0) is 25.0 Å². The van der Waals surface area contributed by atoms with Crippen LogP contribution in [0, 0.1) is 16.0 Å². The third-order valence-corrected chi connectivity index (χ3v) is 3.98. The molecule has 0 saturated carbocycles. The first-order chi connectivity index (χ1) is 9.27. The number of rotatable bonds is 7. The van der Waals surface area contributed by atoms with Crippen molar-refractivity contribution in [2.75, 3.05) is 18.4 Å². The van der Waals surface area contributed by atoms with Gasteiger partial charge in [0.05, 0.1) is 4.92 Å². The van der Waals surface area contributed by atoms with Gasteiger partial charge in [-0.1, -0.05) is 13.8 Å². The monoisotopic (exact) mass is 301 g/mol. The zero-order chi connectivity index (χ0) is 15.3. The van der Waals surface area contributed by atoms with Gasteiger partial charge < -0.3 is 5.32 Å². The van der Waals surface area contributed by atoms with Crippen molar-refractivity contribution in [3.63, 3.8) is 0 Å². The van der Waals surface area contributed by atoms with Gasteiger partial charge >= 0.3 is 0 Å². The molecule has 0 aliphatic heterocycles. The first kappa shape index (κ1) is 16.4. The van der Waals surface area contributed by atoms with E-state index in [2.05, 4.69) is 10.0 Å². The number of benzene rings is 1. The van der Waals surface area contributed by atoms with Crippen LogP contribution >= 0.6 is 0 Å². The standard InChI is InChI=1S/C12H19N3O4S/c1-4-13-10-5-6-12(11(7-10)15(16)17)20(18,19)14-8-9(2)3/h5-7,9,13-14H,4,8H2,1-3H3. The normalized spacial score (nSPS) is 11.6. The maximum Gasteiger partial charge on any atom is 0.291 e. The minimum atomic E-state index is -3.88. The second kappa shape index (κ2) is 6.67. The molecule has 0 fully saturated rings. The van der Waals surface area contributed by atoms with Crippen molar-refractivity contribution in [3.05, 3.63) is 28.3 Å². The molecule has 0 atom stereocenters. The Morgan fingerprint density at radius 1 is 1.35 bits per heavy atom. The summed E-state index contributed by atoms with van der Waals surface area (Å²) in [5, 5.41) is 14.0. The van der Waals surface area contributed by atoms with Crippen LogP contribution in [0.25, 0.3) is 0 Å². The maximum atomic E-state index is 12.1. The molecule has 0 heterocycles. The van der Waals surface area contributed by atoms with Crippen LogP contribution in [0.4, 0.5) is 11.4 Å². The quantitative estimate of drug-likeness (QED) is 0.592. The van der Waals surface area contributed by atoms with Crippen LogP contribution < -0.4 is 10.0 Å². The molecule has 7 nitrogen and oxygen atoms in total. The fourth-order valence-corrected chi connectivity index (χ4v) is 2.92. The van der Waals surface area contributed by atoms with Crippen molar-refractivity contribution in [3.8, 4) is 0 Å². The molecule has 0 saturated heterocycles. The van der Waals surface area contributed by atoms with Crippen LogP contribution in [0.1, 0.15) is 20.8 Å². The molecular formula is C12H19N3O4S. The zero-order valence-corrected chi connectivity index (χ0v) is 12.5. The average molecular weight is 301 g/mol. The topological polar surface area (TPSA) is 101 Å². The average Bonchev–Trinajstić information content (AvgIpc) is 2.36. The highest BCUT2D eigenvalue weighted by molar-refractivity contribution is 7.89. The molecule has 20 heavy (non-hydrogen) atoms. The van der Waals surface area contributed by atoms with Crippen LogP contribution in [0.15, 0.2) is 23.1 Å². The van der Waals surface area contributed by atoms with E-state index in [1.54, 1.807) is 0 Å². The third kappa shape index (κ3) is 4.17. The fourth-order valence-electron chi connectivity index (χ4n) is 1.56. The molecule has 112 valence electrons. The summed E-state index contributed by atoms with van der Waals surface area (Å²) < 4.78 is 26.6. The van der Waals surface area contributed by atoms with Crippen LogP contribution in [0.3, 0.4) is 0 Å². The van der Waals surface area contributed by atoms with E-state index in [-0.39, 0.29) is 17.4 Å². The molecule has 2 N–H and O–H groups in total. The van der Waals surface area contributed by atoms with E-state index in [0.29, 0.717) is 12.2 Å². The van der Waals surface area contributed by atoms with E-state index in [1.807, 2.05) is 20.8 Å². The Morgan fingerprint density at radius 3 is 2.50 bits per heavy atom. The number of hydrogen-bond acceptors (Lipinski definition) is 5. The van der Waals surface area contributed by atoms with Crippen LogP contribution in [0.5, 0.6) is 0 Å². The number of nitro benzene ring substituents is 1. The molecule has 0 unspecified atom stereocenters. The van der Waals surface area contributed by atoms with Crippen molar-refractivity contribution >= 4 is 21.4 Å². The predicted molar refractivity (Wildman–Crippen MR) is 77.3 cm³/mol. The minimum absolute atomic E-state index is 0.116. The molecule has 1 aromatic carbocycles. The lowest BCUT2D eigenvalue weighted by molar-refractivity contribution is -0.387. The van der Waals surface area contributed by atoms with E-state index >= 15 is 0 Å². The lowest BCUT2D eigenvalue weighted by atomic mass is 10.2. The predicted octanol–water partition coefficient (Wildman–Crippen LogP) is 1.96. The lowest BCUT2D eigenvalue weighted by Gasteiger charge is -2.10. The summed E-state index contributed by atoms with van der Waals surface area (Å²) >= 11 is 0. The van der Waals surface area contributed by atoms with Crippen molar-refractivity contribution in [2.24, 2.45) is 5.92 Å². The van der Waals surface area contributed by atoms with E-state index in [4.69, 9.17) is 0 Å². The van der Waals surface area contributed by atoms with Gasteiger partial charge in [-0.2, -0.15) is 0 Å². The minimum Gasteiger partial charge on any atom is -0.385 e. The molecule has 0 spiro atoms. The van der Waals surface area contributed by atoms with Gasteiger partial charge in [-0.15, -0.1) is 0 Å². The SMILES string of the molecule is CCNc1ccc(S(=O)(=O)NCC(C)C)c([N+](=O)[O-])c1. The van der Waals surface area contributed by atoms with E-state index in [0.717, 1.165) is 0 Å². The molecule has 8 heteroatoms. The fraction of sp³-hybridized carbons (Fsp3) is 0.500. The van der Waals surface area contributed by atoms with Crippen LogP contribution in [-0.4, -0.2) is 26.4 Å². The van der Waals surface area contributed by atoms with E-state index in [9.17, 15) is 18.5 Å². The van der Waals surface area contributed by atoms with Gasteiger partial charge in [-0.3, -0.25) is 10.1 Å². The lowest BCUT2D eigenvalue weighted by Crippen LogP contribution is -2.28. The van der Waals surface area contributed by atoms with Gasteiger partial charge in [0.2, 0.25) is 10.0 Å². The van der Waals surface area contributed by atoms with Crippen molar-refractivity contribution in [1.29, 1.82) is 0 Å². The van der Waals surface area contributed by atoms with Gasteiger partial charge in [0.1, 0.15) is 0 Å². The Kier molecular flexibility index (Phi) is 5.46. The Labute approximate surface area is 118 Å². The molecular weight excluding hydrogens is 282 g/mol. The Morgan fingerprint density at radius 2 is 2.00 bits per heavy atom. The summed E-state index contributed by atoms with van der Waals surface area (Å²) in [6.07, 6.45) is 0. The Bertz CT molecular complexity index is 584. The highest BCUT2D eigenvalue weighted by Crippen LogP contribution is 2.27. The smallest absolute Gasteiger partial charge is 0.291 e. The first-order valence-electron chi connectivity index (χ1n) is 6.30. The zero-order valence-electron chi connectivity index (χ0n) is 11.7. The molecule has 0 aromatic heterocycles. The number of anilines is 1. The molecule has 0 aliphatic rings. The highest BCUT2D eigenvalue weighted by atomic mass is 32.2. The van der Waals surface area contributed by atoms with Crippen molar-refractivity contribution < 1.29 is 13.3 Å². The van der Waals surface area contributed by atoms with Gasteiger partial charge in [0, 0.05) is 24.8 Å². The van der Waals surface area contributed by atoms with Gasteiger partial charge in [0.25, 0.3) is 5.69 Å². The summed E-state index contributed by atoms with van der Waals surface area (Å²) in [5.74, 6) is 0.116. The number of hydrogen-bond donors (Lipinski definition) is 2. The summed E-state index contributed by atoms with van der Waals surface area (Å²) in [6, 6.07) is 3.99. The summed E-state index contributed by atoms with van der Waals surface area (Å²) in [5.41, 5.74) is 0.0849. The van der Waals surface area contributed by atoms with Crippen molar-refractivity contribution in [2.45, 2.75) is 25.7 Å². The van der Waals surface area contributed by atoms with Crippen LogP contribution in [0.2, 0.25) is 0 Å². The number of nitro groups is 1. The second-order valence-electron chi connectivity index (χ2n) is 4.72. The Hall–Kier alpha value is -1.67. The van der Waals surface area contributed by atoms with E-state index < -0.39 is 20.6 Å². The molecule has 0 aliphatic carbocycles. The molecule has 1 aromatic rings. The highest BCUT2D eigenvalue weighted by Gasteiger charge is 2.26. The maximum absolute atomic E-state index is 12.1. The number of nitrogens with one attached hydrogen (secondary N) is 2.